The van der Waals surface area contributed by atoms with Crippen LogP contribution >= 0.6 is 0 Å². The quantitative estimate of drug-likeness (QED) is 0.368. The van der Waals surface area contributed by atoms with Gasteiger partial charge in [0.2, 0.25) is 0 Å². The first-order chi connectivity index (χ1) is 4.47. The second kappa shape index (κ2) is 3.98. The van der Waals surface area contributed by atoms with Crippen LogP contribution < -0.4 is 51.4 Å². The van der Waals surface area contributed by atoms with Crippen LogP contribution in [0.25, 0.3) is 0 Å². The molecule has 0 amide bonds. The van der Waals surface area contributed by atoms with E-state index >= 15 is 0 Å². The molecule has 1 atom stereocenters. The van der Waals surface area contributed by atoms with Crippen LogP contribution in [-0.4, -0.2) is 4.98 Å². The van der Waals surface area contributed by atoms with Gasteiger partial charge in [-0.3, -0.25) is 4.98 Å². The van der Waals surface area contributed by atoms with E-state index in [0.29, 0.717) is 5.92 Å². The number of nitrogens with zero attached hydrogens (tertiary/aromatic N) is 1. The molecule has 0 radical (unpaired) electrons. The molecule has 46 valence electrons. The van der Waals surface area contributed by atoms with Gasteiger partial charge >= 0.3 is 51.4 Å². The Hall–Kier alpha value is 0.786. The van der Waals surface area contributed by atoms with Crippen molar-refractivity contribution in [2.24, 2.45) is 0 Å². The minimum Gasteiger partial charge on any atom is -0.324 e. The number of hydrogen-bond donors (Lipinski definition) is 0. The molecule has 1 saturated carbocycles. The molecule has 1 aliphatic rings. The molecule has 0 aliphatic heterocycles. The van der Waals surface area contributed by atoms with Crippen LogP contribution in [0.2, 0.25) is 0 Å². The van der Waals surface area contributed by atoms with Crippen LogP contribution in [0.5, 0.6) is 0 Å². The Morgan fingerprint density at radius 2 is 2.30 bits per heavy atom. The number of pyridine rings is 1. The fraction of sp³-hybridized carbons (Fsp3) is 0.250. The third-order valence-electron chi connectivity index (χ3n) is 1.54. The van der Waals surface area contributed by atoms with Gasteiger partial charge in [0, 0.05) is 11.9 Å². The van der Waals surface area contributed by atoms with Crippen LogP contribution in [0.4, 0.5) is 0 Å². The number of hydrogen-bond acceptors (Lipinski definition) is 1. The fourth-order valence-corrected chi connectivity index (χ4v) is 0.905. The first-order valence-electron chi connectivity index (χ1n) is 3.21. The summed E-state index contributed by atoms with van der Waals surface area (Å²) in [5.41, 5.74) is 1.22. The molecule has 2 rings (SSSR count). The summed E-state index contributed by atoms with van der Waals surface area (Å²) in [5, 5.41) is 0. The zero-order valence-corrected chi connectivity index (χ0v) is 9.24. The third kappa shape index (κ3) is 2.14. The molecule has 1 heterocycles. The predicted molar refractivity (Wildman–Crippen MR) is 35.9 cm³/mol. The second-order valence-electron chi connectivity index (χ2n) is 2.33. The van der Waals surface area contributed by atoms with E-state index in [2.05, 4.69) is 17.5 Å². The molecular weight excluding hydrogens is 149 g/mol. The van der Waals surface area contributed by atoms with Crippen molar-refractivity contribution in [3.05, 3.63) is 36.5 Å². The van der Waals surface area contributed by atoms with Crippen LogP contribution in [0, 0.1) is 6.42 Å². The van der Waals surface area contributed by atoms with Crippen LogP contribution in [0.3, 0.4) is 0 Å². The van der Waals surface area contributed by atoms with Crippen molar-refractivity contribution in [2.45, 2.75) is 12.3 Å². The maximum absolute atomic E-state index is 4.21. The van der Waals surface area contributed by atoms with Gasteiger partial charge in [-0.1, -0.05) is 6.07 Å². The van der Waals surface area contributed by atoms with Crippen molar-refractivity contribution in [2.75, 3.05) is 0 Å². The Bertz CT molecular complexity index is 194. The van der Waals surface area contributed by atoms with Gasteiger partial charge in [0.05, 0.1) is 0 Å². The van der Waals surface area contributed by atoms with Gasteiger partial charge in [-0.15, -0.1) is 0 Å². The third-order valence-corrected chi connectivity index (χ3v) is 1.54. The number of aromatic nitrogens is 1. The topological polar surface area (TPSA) is 12.9 Å². The largest absolute Gasteiger partial charge is 1.00 e. The van der Waals surface area contributed by atoms with E-state index in [0.717, 1.165) is 0 Å². The Morgan fingerprint density at radius 3 is 2.80 bits per heavy atom. The molecule has 1 nitrogen and oxygen atoms in total. The van der Waals surface area contributed by atoms with Crippen molar-refractivity contribution < 1.29 is 51.4 Å². The van der Waals surface area contributed by atoms with Crippen LogP contribution in [0.1, 0.15) is 18.0 Å². The summed E-state index contributed by atoms with van der Waals surface area (Å²) in [4.78, 5) is 4.21. The molecule has 1 fully saturated rings. The van der Waals surface area contributed by atoms with E-state index in [4.69, 9.17) is 0 Å². The molecule has 1 aliphatic carbocycles. The SMILES string of the molecule is [K+].c1ccc([C@@H]2[CH-]C2)nc1. The summed E-state index contributed by atoms with van der Waals surface area (Å²) in [7, 11) is 0. The van der Waals surface area contributed by atoms with Gasteiger partial charge < -0.3 is 6.42 Å². The molecule has 0 saturated heterocycles. The molecular formula is C8H8KN. The van der Waals surface area contributed by atoms with Crippen molar-refractivity contribution in [3.63, 3.8) is 0 Å². The van der Waals surface area contributed by atoms with Gasteiger partial charge in [-0.2, -0.15) is 12.3 Å². The fourth-order valence-electron chi connectivity index (χ4n) is 0.905. The zero-order chi connectivity index (χ0) is 6.10. The van der Waals surface area contributed by atoms with E-state index in [1.807, 2.05) is 18.3 Å². The van der Waals surface area contributed by atoms with Crippen LogP contribution in [-0.2, 0) is 0 Å². The smallest absolute Gasteiger partial charge is 0.324 e. The van der Waals surface area contributed by atoms with Gasteiger partial charge in [-0.05, 0) is 12.1 Å². The molecule has 1 aromatic rings. The van der Waals surface area contributed by atoms with Gasteiger partial charge in [-0.25, -0.2) is 0 Å². The molecule has 0 spiro atoms. The maximum atomic E-state index is 4.21. The van der Waals surface area contributed by atoms with Crippen LogP contribution in [0.15, 0.2) is 24.4 Å². The molecule has 2 heteroatoms. The minimum atomic E-state index is 0. The first-order valence-corrected chi connectivity index (χ1v) is 3.21. The summed E-state index contributed by atoms with van der Waals surface area (Å²) in [5.74, 6) is 0.672. The summed E-state index contributed by atoms with van der Waals surface area (Å²) in [6.07, 6.45) is 5.33. The Balaban J connectivity index is 0.000000500. The summed E-state index contributed by atoms with van der Waals surface area (Å²) >= 11 is 0. The van der Waals surface area contributed by atoms with Crippen molar-refractivity contribution >= 4 is 0 Å². The summed E-state index contributed by atoms with van der Waals surface area (Å²) < 4.78 is 0. The predicted octanol–water partition coefficient (Wildman–Crippen LogP) is -1.22. The van der Waals surface area contributed by atoms with E-state index in [1.54, 1.807) is 0 Å². The van der Waals surface area contributed by atoms with Gasteiger partial charge in [0.1, 0.15) is 0 Å². The average Bonchev–Trinajstić information content (AvgIpc) is 2.71. The standard InChI is InChI=1S/C8H8N.K/c1-2-6-9-8(3-1)7-4-5-7;/h1-4,6-7H,5H2;/q-1;+1/t7-;/m1./s1. The van der Waals surface area contributed by atoms with Crippen molar-refractivity contribution in [1.29, 1.82) is 0 Å². The van der Waals surface area contributed by atoms with Crippen molar-refractivity contribution in [3.8, 4) is 0 Å². The van der Waals surface area contributed by atoms with Crippen molar-refractivity contribution in [1.82, 2.24) is 4.98 Å². The number of rotatable bonds is 1. The summed E-state index contributed by atoms with van der Waals surface area (Å²) in [6, 6.07) is 6.06. The molecule has 10 heavy (non-hydrogen) atoms. The van der Waals surface area contributed by atoms with Gasteiger partial charge in [0.25, 0.3) is 0 Å². The van der Waals surface area contributed by atoms with E-state index < -0.39 is 0 Å². The van der Waals surface area contributed by atoms with E-state index in [-0.39, 0.29) is 51.4 Å². The molecule has 0 aromatic carbocycles. The van der Waals surface area contributed by atoms with Gasteiger partial charge in [0.15, 0.2) is 0 Å². The average molecular weight is 157 g/mol. The normalized spacial score (nSPS) is 21.4. The molecule has 0 unspecified atom stereocenters. The van der Waals surface area contributed by atoms with E-state index in [1.165, 1.54) is 12.1 Å². The Morgan fingerprint density at radius 1 is 1.50 bits per heavy atom. The monoisotopic (exact) mass is 157 g/mol. The van der Waals surface area contributed by atoms with E-state index in [9.17, 15) is 0 Å². The summed E-state index contributed by atoms with van der Waals surface area (Å²) in [6.45, 7) is 0. The minimum absolute atomic E-state index is 0. The zero-order valence-electron chi connectivity index (χ0n) is 6.12. The first kappa shape index (κ1) is 8.88. The maximum Gasteiger partial charge on any atom is 1.00 e. The Labute approximate surface area is 104 Å². The molecule has 1 aromatic heterocycles. The molecule has 0 N–H and O–H groups in total. The molecule has 0 bridgehead atoms. The Kier molecular flexibility index (Phi) is 3.53. The second-order valence-corrected chi connectivity index (χ2v) is 2.33.